The number of Topliss-reactive ketones (excluding diaryl/α,β-unsaturated/α-hetero) is 1. The number of ketones is 1. The molecule has 0 atom stereocenters. The number of aliphatic hydroxyl groups is 3. The third-order valence-corrected chi connectivity index (χ3v) is 13.2. The zero-order valence-corrected chi connectivity index (χ0v) is 41.5. The summed E-state index contributed by atoms with van der Waals surface area (Å²) in [7, 11) is 2.55. The second-order valence-corrected chi connectivity index (χ2v) is 18.2. The van der Waals surface area contributed by atoms with Gasteiger partial charge in [0.05, 0.1) is 24.9 Å². The Balaban J connectivity index is 0.000000180. The summed E-state index contributed by atoms with van der Waals surface area (Å²) in [6.45, 7) is 6.07. The number of hydrogen-bond acceptors (Lipinski definition) is 12. The Kier molecular flexibility index (Phi) is 23.5. The maximum atomic E-state index is 11.3. The molecule has 372 valence electrons. The van der Waals surface area contributed by atoms with Crippen molar-refractivity contribution >= 4 is 12.1 Å². The monoisotopic (exact) mass is 951 g/mol. The molecule has 3 aromatic carbocycles. The molecule has 0 aliphatic heterocycles. The lowest BCUT2D eigenvalue weighted by molar-refractivity contribution is -0.120. The minimum Gasteiger partial charge on any atom is -0.496 e. The van der Waals surface area contributed by atoms with Crippen molar-refractivity contribution in [3.05, 3.63) is 156 Å². The van der Waals surface area contributed by atoms with E-state index in [2.05, 4.69) is 75.8 Å². The Labute approximate surface area is 415 Å². The van der Waals surface area contributed by atoms with Crippen LogP contribution in [-0.4, -0.2) is 86.9 Å². The Morgan fingerprint density at radius 2 is 0.943 bits per heavy atom. The van der Waals surface area contributed by atoms with Gasteiger partial charge in [-0.3, -0.25) is 24.5 Å². The first kappa shape index (κ1) is 54.9. The number of aldehydes is 1. The van der Waals surface area contributed by atoms with Crippen LogP contribution in [0.4, 0.5) is 0 Å². The van der Waals surface area contributed by atoms with Gasteiger partial charge in [0.2, 0.25) is 0 Å². The largest absolute Gasteiger partial charge is 0.496 e. The Morgan fingerprint density at radius 3 is 1.34 bits per heavy atom. The zero-order valence-electron chi connectivity index (χ0n) is 41.5. The van der Waals surface area contributed by atoms with E-state index in [-0.39, 0.29) is 12.2 Å². The molecule has 3 saturated carbocycles. The summed E-state index contributed by atoms with van der Waals surface area (Å²) in [6, 6.07) is 32.1. The molecule has 0 saturated heterocycles. The number of aromatic nitrogens is 3. The van der Waals surface area contributed by atoms with Gasteiger partial charge in [0.25, 0.3) is 0 Å². The first-order valence-corrected chi connectivity index (χ1v) is 24.7. The lowest BCUT2D eigenvalue weighted by Crippen LogP contribution is -2.34. The zero-order chi connectivity index (χ0) is 50.1. The van der Waals surface area contributed by atoms with Crippen molar-refractivity contribution in [2.45, 2.75) is 134 Å². The number of ether oxygens (including phenoxy) is 1. The molecule has 3 aliphatic carbocycles. The highest BCUT2D eigenvalue weighted by atomic mass is 16.5. The van der Waals surface area contributed by atoms with E-state index in [0.29, 0.717) is 35.2 Å². The van der Waals surface area contributed by atoms with Crippen LogP contribution >= 0.6 is 0 Å². The number of benzene rings is 3. The summed E-state index contributed by atoms with van der Waals surface area (Å²) in [5, 5.41) is 32.8. The van der Waals surface area contributed by atoms with Gasteiger partial charge in [0, 0.05) is 88.3 Å². The van der Waals surface area contributed by atoms with Crippen molar-refractivity contribution in [3.63, 3.8) is 0 Å². The lowest BCUT2D eigenvalue weighted by atomic mass is 9.92. The normalized spacial score (nSPS) is 18.7. The fourth-order valence-electron chi connectivity index (χ4n) is 8.76. The van der Waals surface area contributed by atoms with Gasteiger partial charge in [-0.1, -0.05) is 30.3 Å². The average Bonchev–Trinajstić information content (AvgIpc) is 3.41. The van der Waals surface area contributed by atoms with E-state index in [1.54, 1.807) is 31.6 Å². The molecular formula is C58H74N6O6. The number of nitrogens with zero attached hydrogens (tertiary/aromatic N) is 3. The van der Waals surface area contributed by atoms with Crippen molar-refractivity contribution in [1.29, 1.82) is 0 Å². The molecule has 0 bridgehead atoms. The first-order valence-electron chi connectivity index (χ1n) is 24.7. The van der Waals surface area contributed by atoms with E-state index in [0.717, 1.165) is 115 Å². The van der Waals surface area contributed by atoms with Crippen molar-refractivity contribution in [2.75, 3.05) is 14.2 Å². The fourth-order valence-corrected chi connectivity index (χ4v) is 8.76. The highest BCUT2D eigenvalue weighted by Gasteiger charge is 2.20. The molecule has 3 aliphatic rings. The van der Waals surface area contributed by atoms with Crippen LogP contribution in [0, 0.1) is 13.8 Å². The van der Waals surface area contributed by atoms with E-state index in [9.17, 15) is 14.7 Å². The van der Waals surface area contributed by atoms with Gasteiger partial charge < -0.3 is 36.4 Å². The average molecular weight is 951 g/mol. The number of rotatable bonds is 11. The van der Waals surface area contributed by atoms with Crippen LogP contribution < -0.4 is 21.1 Å². The number of nitrogens with one attached hydrogen (secondary N) is 2. The number of carbonyl (C=O) groups excluding carboxylic acids is 2. The third-order valence-electron chi connectivity index (χ3n) is 13.2. The molecule has 7 N–H and O–H groups in total. The second kappa shape index (κ2) is 29.9. The second-order valence-electron chi connectivity index (χ2n) is 18.2. The fraction of sp³-hybridized carbons (Fsp3) is 0.397. The highest BCUT2D eigenvalue weighted by molar-refractivity contribution is 5.83. The summed E-state index contributed by atoms with van der Waals surface area (Å²) in [4.78, 5) is 34.3. The molecule has 0 amide bonds. The van der Waals surface area contributed by atoms with Crippen molar-refractivity contribution in [3.8, 4) is 39.1 Å². The Bertz CT molecular complexity index is 2420. The van der Waals surface area contributed by atoms with E-state index in [4.69, 9.17) is 20.7 Å². The SMILES string of the molecule is CO.COc1ccc(-c2ccncc2)cc1C=O.Cc1ccc(-c2ccncc2)cc1CNC1CCC(=O)CC1.Cc1ccc(-c2ccncc2)cc1CNC1CCC(O)CC1.NC1CCC(O)CC1. The van der Waals surface area contributed by atoms with Gasteiger partial charge >= 0.3 is 0 Å². The molecule has 0 spiro atoms. The van der Waals surface area contributed by atoms with Gasteiger partial charge in [-0.05, 0) is 194 Å². The van der Waals surface area contributed by atoms with Gasteiger partial charge in [0.1, 0.15) is 11.5 Å². The van der Waals surface area contributed by atoms with Gasteiger partial charge in [-0.25, -0.2) is 0 Å². The van der Waals surface area contributed by atoms with E-state index < -0.39 is 0 Å². The summed E-state index contributed by atoms with van der Waals surface area (Å²) in [5.41, 5.74) is 18.3. The lowest BCUT2D eigenvalue weighted by Gasteiger charge is -2.26. The predicted molar refractivity (Wildman–Crippen MR) is 280 cm³/mol. The van der Waals surface area contributed by atoms with Crippen molar-refractivity contribution in [2.24, 2.45) is 5.73 Å². The maximum Gasteiger partial charge on any atom is 0.153 e. The minimum absolute atomic E-state index is 0.0604. The molecule has 12 nitrogen and oxygen atoms in total. The Morgan fingerprint density at radius 1 is 0.557 bits per heavy atom. The molecule has 3 heterocycles. The van der Waals surface area contributed by atoms with E-state index >= 15 is 0 Å². The number of aryl methyl sites for hydroxylation is 2. The number of methoxy groups -OCH3 is 1. The van der Waals surface area contributed by atoms with Crippen LogP contribution in [0.3, 0.4) is 0 Å². The molecule has 12 heteroatoms. The van der Waals surface area contributed by atoms with Crippen LogP contribution in [0.1, 0.15) is 110 Å². The topological polar surface area (TPSA) is 193 Å². The number of pyridine rings is 3. The van der Waals surface area contributed by atoms with E-state index in [1.807, 2.05) is 67.3 Å². The molecule has 9 rings (SSSR count). The van der Waals surface area contributed by atoms with Crippen LogP contribution in [-0.2, 0) is 17.9 Å². The number of carbonyl (C=O) groups is 2. The van der Waals surface area contributed by atoms with Gasteiger partial charge in [-0.2, -0.15) is 0 Å². The predicted octanol–water partition coefficient (Wildman–Crippen LogP) is 9.54. The summed E-state index contributed by atoms with van der Waals surface area (Å²) >= 11 is 0. The molecule has 0 radical (unpaired) electrons. The minimum atomic E-state index is -0.0881. The maximum absolute atomic E-state index is 11.3. The molecular weight excluding hydrogens is 877 g/mol. The Hall–Kier alpha value is -5.99. The van der Waals surface area contributed by atoms with Gasteiger partial charge in [0.15, 0.2) is 6.29 Å². The van der Waals surface area contributed by atoms with Gasteiger partial charge in [-0.15, -0.1) is 0 Å². The van der Waals surface area contributed by atoms with Crippen LogP contribution in [0.15, 0.2) is 128 Å². The summed E-state index contributed by atoms with van der Waals surface area (Å²) in [5.74, 6) is 1.00. The molecule has 70 heavy (non-hydrogen) atoms. The summed E-state index contributed by atoms with van der Waals surface area (Å²) in [6.07, 6.45) is 22.6. The van der Waals surface area contributed by atoms with Crippen molar-refractivity contribution in [1.82, 2.24) is 25.6 Å². The van der Waals surface area contributed by atoms with Crippen LogP contribution in [0.2, 0.25) is 0 Å². The first-order chi connectivity index (χ1) is 34.1. The highest BCUT2D eigenvalue weighted by Crippen LogP contribution is 2.27. The smallest absolute Gasteiger partial charge is 0.153 e. The third kappa shape index (κ3) is 18.1. The van der Waals surface area contributed by atoms with E-state index in [1.165, 1.54) is 44.5 Å². The quantitative estimate of drug-likeness (QED) is 0.0675. The van der Waals surface area contributed by atoms with Crippen molar-refractivity contribution < 1.29 is 29.6 Å². The van der Waals surface area contributed by atoms with Crippen LogP contribution in [0.5, 0.6) is 5.75 Å². The number of hydrogen-bond donors (Lipinski definition) is 6. The molecule has 3 fully saturated rings. The number of nitrogens with two attached hydrogens (primary N) is 1. The molecule has 6 aromatic rings. The summed E-state index contributed by atoms with van der Waals surface area (Å²) < 4.78 is 5.08. The molecule has 0 unspecified atom stereocenters. The standard InChI is InChI=1S/C19H24N2O.C19H22N2O.C13H11NO2.C6H13NO.CH4O/c2*1-14-2-3-16(15-8-10-20-11-9-15)12-17(14)13-21-18-4-6-19(22)7-5-18;1-16-13-3-2-11(8-12(13)9-15)10-4-6-14-7-5-10;7-5-1-3-6(8)4-2-5;1-2/h2-3,8-12,18-19,21-22H,4-7,13H2,1H3;2-3,8-12,18,21H,4-7,13H2,1H3;2-9H,1H3;5-6,8H,1-4,7H2;2H,1H3. The molecule has 3 aromatic heterocycles. The van der Waals surface area contributed by atoms with Crippen LogP contribution in [0.25, 0.3) is 33.4 Å². The number of aliphatic hydroxyl groups excluding tert-OH is 3.